The number of aromatic nitrogens is 1. The Morgan fingerprint density at radius 2 is 2.24 bits per heavy atom. The highest BCUT2D eigenvalue weighted by atomic mass is 32.2. The summed E-state index contributed by atoms with van der Waals surface area (Å²) in [5.74, 6) is -0.792. The minimum absolute atomic E-state index is 0.0570. The summed E-state index contributed by atoms with van der Waals surface area (Å²) in [6, 6.07) is 2.46. The molecule has 0 bridgehead atoms. The molecule has 1 aliphatic heterocycles. The van der Waals surface area contributed by atoms with Gasteiger partial charge < -0.3 is 19.8 Å². The Morgan fingerprint density at radius 1 is 1.52 bits per heavy atom. The van der Waals surface area contributed by atoms with E-state index in [2.05, 4.69) is 4.98 Å². The zero-order valence-electron chi connectivity index (χ0n) is 14.1. The lowest BCUT2D eigenvalue weighted by Gasteiger charge is -2.29. The number of sulfone groups is 1. The van der Waals surface area contributed by atoms with Crippen LogP contribution in [0.1, 0.15) is 20.3 Å². The van der Waals surface area contributed by atoms with E-state index in [0.717, 1.165) is 0 Å². The van der Waals surface area contributed by atoms with Gasteiger partial charge in [0, 0.05) is 12.6 Å². The molecule has 0 aromatic carbocycles. The van der Waals surface area contributed by atoms with Crippen molar-refractivity contribution in [3.05, 3.63) is 28.4 Å². The summed E-state index contributed by atoms with van der Waals surface area (Å²) in [6.45, 7) is 3.85. The van der Waals surface area contributed by atoms with E-state index in [1.807, 2.05) is 13.8 Å². The zero-order valence-corrected chi connectivity index (χ0v) is 14.9. The van der Waals surface area contributed by atoms with Crippen molar-refractivity contribution in [3.8, 4) is 5.75 Å². The molecule has 1 fully saturated rings. The topological polar surface area (TPSA) is 120 Å². The highest BCUT2D eigenvalue weighted by Crippen LogP contribution is 2.24. The SMILES string of the molecule is CC(C)CN(C(=O)COc1cccnc1[N+](=O)[O-])[C@H]1CCS(=O)(=O)C1. The summed E-state index contributed by atoms with van der Waals surface area (Å²) in [5, 5.41) is 10.9. The van der Waals surface area contributed by atoms with E-state index in [1.54, 1.807) is 0 Å². The van der Waals surface area contributed by atoms with Crippen LogP contribution in [0, 0.1) is 16.0 Å². The van der Waals surface area contributed by atoms with Crippen molar-refractivity contribution in [3.63, 3.8) is 0 Å². The third kappa shape index (κ3) is 5.12. The molecule has 0 N–H and O–H groups in total. The van der Waals surface area contributed by atoms with Gasteiger partial charge in [0.25, 0.3) is 5.91 Å². The third-order valence-corrected chi connectivity index (χ3v) is 5.56. The van der Waals surface area contributed by atoms with Crippen LogP contribution in [0.25, 0.3) is 0 Å². The largest absolute Gasteiger partial charge is 0.476 e. The number of rotatable bonds is 7. The number of amides is 1. The van der Waals surface area contributed by atoms with Gasteiger partial charge in [0.05, 0.1) is 11.5 Å². The van der Waals surface area contributed by atoms with Gasteiger partial charge in [0.15, 0.2) is 16.4 Å². The van der Waals surface area contributed by atoms with Gasteiger partial charge in [-0.15, -0.1) is 0 Å². The molecule has 0 radical (unpaired) electrons. The number of hydrogen-bond acceptors (Lipinski definition) is 7. The Morgan fingerprint density at radius 3 is 2.80 bits per heavy atom. The fourth-order valence-corrected chi connectivity index (χ4v) is 4.45. The fourth-order valence-electron chi connectivity index (χ4n) is 2.72. The van der Waals surface area contributed by atoms with Crippen LogP contribution in [0.5, 0.6) is 5.75 Å². The number of hydrogen-bond donors (Lipinski definition) is 0. The first-order valence-corrected chi connectivity index (χ1v) is 9.74. The standard InChI is InChI=1S/C15H21N3O6S/c1-11(2)8-17(12-5-7-25(22,23)10-12)14(19)9-24-13-4-3-6-16-15(13)18(20)21/h3-4,6,11-12H,5,7-10H2,1-2H3/t12-/m0/s1. The van der Waals surface area contributed by atoms with Gasteiger partial charge in [-0.25, -0.2) is 8.42 Å². The Hall–Kier alpha value is -2.23. The van der Waals surface area contributed by atoms with Crippen molar-refractivity contribution in [2.45, 2.75) is 26.3 Å². The molecule has 138 valence electrons. The molecule has 0 aliphatic carbocycles. The molecule has 9 nitrogen and oxygen atoms in total. The molecule has 1 aromatic rings. The van der Waals surface area contributed by atoms with Gasteiger partial charge in [-0.1, -0.05) is 13.8 Å². The minimum Gasteiger partial charge on any atom is -0.476 e. The molecule has 25 heavy (non-hydrogen) atoms. The Balaban J connectivity index is 2.09. The number of nitro groups is 1. The quantitative estimate of drug-likeness (QED) is 0.519. The van der Waals surface area contributed by atoms with Crippen LogP contribution in [-0.2, 0) is 14.6 Å². The van der Waals surface area contributed by atoms with E-state index in [0.29, 0.717) is 13.0 Å². The summed E-state index contributed by atoms with van der Waals surface area (Å²) in [4.78, 5) is 27.9. The Kier molecular flexibility index (Phi) is 5.93. The summed E-state index contributed by atoms with van der Waals surface area (Å²) in [7, 11) is -3.13. The van der Waals surface area contributed by atoms with Gasteiger partial charge in [-0.05, 0) is 34.4 Å². The first kappa shape index (κ1) is 19.1. The first-order valence-electron chi connectivity index (χ1n) is 7.91. The molecule has 10 heteroatoms. The van der Waals surface area contributed by atoms with Gasteiger partial charge in [-0.3, -0.25) is 4.79 Å². The van der Waals surface area contributed by atoms with Gasteiger partial charge in [0.1, 0.15) is 6.20 Å². The molecule has 1 atom stereocenters. The van der Waals surface area contributed by atoms with Gasteiger partial charge in [-0.2, -0.15) is 0 Å². The third-order valence-electron chi connectivity index (χ3n) is 3.81. The molecule has 0 saturated carbocycles. The minimum atomic E-state index is -3.13. The summed E-state index contributed by atoms with van der Waals surface area (Å²) >= 11 is 0. The van der Waals surface area contributed by atoms with Crippen molar-refractivity contribution >= 4 is 21.6 Å². The van der Waals surface area contributed by atoms with E-state index < -0.39 is 33.1 Å². The van der Waals surface area contributed by atoms with Crippen LogP contribution < -0.4 is 4.74 Å². The average molecular weight is 371 g/mol. The maximum absolute atomic E-state index is 12.5. The molecule has 1 aliphatic rings. The molecule has 2 rings (SSSR count). The van der Waals surface area contributed by atoms with E-state index in [-0.39, 0.29) is 29.2 Å². The Labute approximate surface area is 146 Å². The second-order valence-corrected chi connectivity index (χ2v) is 8.60. The lowest BCUT2D eigenvalue weighted by Crippen LogP contribution is -2.45. The monoisotopic (exact) mass is 371 g/mol. The van der Waals surface area contributed by atoms with E-state index >= 15 is 0 Å². The number of nitrogens with zero attached hydrogens (tertiary/aromatic N) is 3. The molecule has 0 spiro atoms. The predicted molar refractivity (Wildman–Crippen MR) is 90.0 cm³/mol. The molecular formula is C15H21N3O6S. The number of ether oxygens (including phenoxy) is 1. The van der Waals surface area contributed by atoms with Crippen LogP contribution in [0.15, 0.2) is 18.3 Å². The van der Waals surface area contributed by atoms with Crippen LogP contribution in [0.3, 0.4) is 0 Å². The molecule has 2 heterocycles. The second-order valence-electron chi connectivity index (χ2n) is 6.37. The molecular weight excluding hydrogens is 350 g/mol. The predicted octanol–water partition coefficient (Wildman–Crippen LogP) is 1.04. The normalized spacial score (nSPS) is 18.9. The molecule has 1 saturated heterocycles. The maximum atomic E-state index is 12.5. The van der Waals surface area contributed by atoms with Crippen LogP contribution >= 0.6 is 0 Å². The summed E-state index contributed by atoms with van der Waals surface area (Å²) in [6.07, 6.45) is 1.66. The van der Waals surface area contributed by atoms with Crippen molar-refractivity contribution in [2.75, 3.05) is 24.7 Å². The molecule has 0 unspecified atom stereocenters. The molecule has 1 aromatic heterocycles. The van der Waals surface area contributed by atoms with E-state index in [4.69, 9.17) is 4.74 Å². The number of carbonyl (C=O) groups excluding carboxylic acids is 1. The van der Waals surface area contributed by atoms with Crippen molar-refractivity contribution in [1.29, 1.82) is 0 Å². The summed E-state index contributed by atoms with van der Waals surface area (Å²) in [5.41, 5.74) is 0. The zero-order chi connectivity index (χ0) is 18.6. The maximum Gasteiger partial charge on any atom is 0.406 e. The summed E-state index contributed by atoms with van der Waals surface area (Å²) < 4.78 is 28.7. The van der Waals surface area contributed by atoms with E-state index in [9.17, 15) is 23.3 Å². The van der Waals surface area contributed by atoms with Gasteiger partial charge >= 0.3 is 5.82 Å². The van der Waals surface area contributed by atoms with Crippen molar-refractivity contribution in [1.82, 2.24) is 9.88 Å². The van der Waals surface area contributed by atoms with Crippen molar-refractivity contribution in [2.24, 2.45) is 5.92 Å². The molecule has 1 amide bonds. The smallest absolute Gasteiger partial charge is 0.406 e. The highest BCUT2D eigenvalue weighted by Gasteiger charge is 2.35. The number of pyridine rings is 1. The highest BCUT2D eigenvalue weighted by molar-refractivity contribution is 7.91. The average Bonchev–Trinajstić information content (AvgIpc) is 2.90. The van der Waals surface area contributed by atoms with Crippen LogP contribution in [-0.4, -0.2) is 59.8 Å². The lowest BCUT2D eigenvalue weighted by molar-refractivity contribution is -0.390. The van der Waals surface area contributed by atoms with Gasteiger partial charge in [0.2, 0.25) is 5.75 Å². The van der Waals surface area contributed by atoms with Crippen LogP contribution in [0.4, 0.5) is 5.82 Å². The lowest BCUT2D eigenvalue weighted by atomic mass is 10.1. The first-order chi connectivity index (χ1) is 11.7. The number of carbonyl (C=O) groups is 1. The van der Waals surface area contributed by atoms with E-state index in [1.165, 1.54) is 23.2 Å². The fraction of sp³-hybridized carbons (Fsp3) is 0.600. The second kappa shape index (κ2) is 7.77. The van der Waals surface area contributed by atoms with Crippen molar-refractivity contribution < 1.29 is 22.9 Å². The Bertz CT molecular complexity index is 749. The van der Waals surface area contributed by atoms with Crippen LogP contribution in [0.2, 0.25) is 0 Å².